The van der Waals surface area contributed by atoms with Crippen molar-refractivity contribution in [3.8, 4) is 0 Å². The molecule has 0 aromatic carbocycles. The van der Waals surface area contributed by atoms with E-state index in [1.807, 2.05) is 0 Å². The molecule has 1 saturated heterocycles. The maximum absolute atomic E-state index is 5.01. The van der Waals surface area contributed by atoms with Crippen LogP contribution in [0.4, 0.5) is 0 Å². The molecule has 6 heavy (non-hydrogen) atoms. The smallest absolute Gasteiger partial charge is 0.180 e. The van der Waals surface area contributed by atoms with E-state index >= 15 is 0 Å². The molecule has 0 unspecified atom stereocenters. The predicted octanol–water partition coefficient (Wildman–Crippen LogP) is -1.07. The summed E-state index contributed by atoms with van der Waals surface area (Å²) in [5, 5.41) is 2.17. The van der Waals surface area contributed by atoms with Crippen molar-refractivity contribution in [1.82, 2.24) is 0 Å². The van der Waals surface area contributed by atoms with Gasteiger partial charge >= 0.3 is 0 Å². The topological polar surface area (TPSA) is 25.8 Å². The Hall–Kier alpha value is -0.0800. The van der Waals surface area contributed by atoms with Crippen molar-refractivity contribution in [3.63, 3.8) is 0 Å². The van der Waals surface area contributed by atoms with Gasteiger partial charge < -0.3 is 10.1 Å². The van der Waals surface area contributed by atoms with E-state index in [4.69, 9.17) is 4.74 Å². The van der Waals surface area contributed by atoms with E-state index in [2.05, 4.69) is 5.32 Å². The van der Waals surface area contributed by atoms with Crippen molar-refractivity contribution in [2.24, 2.45) is 0 Å². The van der Waals surface area contributed by atoms with Gasteiger partial charge in [0, 0.05) is 6.42 Å². The molecule has 0 atom stereocenters. The summed E-state index contributed by atoms with van der Waals surface area (Å²) >= 11 is 0. The van der Waals surface area contributed by atoms with Crippen LogP contribution in [0.1, 0.15) is 6.42 Å². The van der Waals surface area contributed by atoms with Crippen molar-refractivity contribution in [3.05, 3.63) is 0 Å². The average Bonchev–Trinajstić information content (AvgIpc) is 1.72. The van der Waals surface area contributed by atoms with E-state index in [1.165, 1.54) is 13.0 Å². The Morgan fingerprint density at radius 3 is 2.67 bits per heavy atom. The molecule has 0 aromatic rings. The zero-order valence-electron chi connectivity index (χ0n) is 3.81. The summed E-state index contributed by atoms with van der Waals surface area (Å²) in [6, 6.07) is 0. The van der Waals surface area contributed by atoms with Crippen LogP contribution in [0.25, 0.3) is 0 Å². The third-order valence-corrected chi connectivity index (χ3v) is 0.933. The van der Waals surface area contributed by atoms with Gasteiger partial charge in [-0.15, -0.1) is 0 Å². The van der Waals surface area contributed by atoms with Crippen LogP contribution >= 0.6 is 0 Å². The lowest BCUT2D eigenvalue weighted by Crippen LogP contribution is -2.86. The van der Waals surface area contributed by atoms with Crippen molar-refractivity contribution < 1.29 is 10.1 Å². The highest BCUT2D eigenvalue weighted by molar-refractivity contribution is 4.30. The molecule has 2 N–H and O–H groups in total. The lowest BCUT2D eigenvalue weighted by atomic mass is 10.4. The van der Waals surface area contributed by atoms with Crippen LogP contribution in [0, 0.1) is 0 Å². The largest absolute Gasteiger partial charge is 0.332 e. The lowest BCUT2D eigenvalue weighted by Gasteiger charge is -2.07. The second-order valence-corrected chi connectivity index (χ2v) is 1.51. The summed E-state index contributed by atoms with van der Waals surface area (Å²) in [4.78, 5) is 0. The third kappa shape index (κ3) is 0.954. The van der Waals surface area contributed by atoms with Gasteiger partial charge in [-0.05, 0) is 0 Å². The molecule has 0 aliphatic carbocycles. The van der Waals surface area contributed by atoms with E-state index in [-0.39, 0.29) is 0 Å². The Morgan fingerprint density at radius 1 is 1.50 bits per heavy atom. The quantitative estimate of drug-likeness (QED) is 0.401. The molecule has 0 radical (unpaired) electrons. The van der Waals surface area contributed by atoms with Crippen LogP contribution in [-0.2, 0) is 4.74 Å². The summed E-state index contributed by atoms with van der Waals surface area (Å²) in [5.41, 5.74) is 0. The molecule has 0 bridgehead atoms. The molecule has 1 fully saturated rings. The van der Waals surface area contributed by atoms with E-state index < -0.39 is 0 Å². The monoisotopic (exact) mass is 88.1 g/mol. The second-order valence-electron chi connectivity index (χ2n) is 1.51. The van der Waals surface area contributed by atoms with E-state index in [0.717, 1.165) is 13.3 Å². The molecular weight excluding hydrogens is 78.0 g/mol. The maximum atomic E-state index is 5.01. The van der Waals surface area contributed by atoms with Crippen LogP contribution in [0.2, 0.25) is 0 Å². The van der Waals surface area contributed by atoms with Gasteiger partial charge in [-0.3, -0.25) is 0 Å². The fraction of sp³-hybridized carbons (Fsp3) is 1.00. The van der Waals surface area contributed by atoms with E-state index in [0.29, 0.717) is 0 Å². The molecule has 1 aliphatic rings. The molecule has 0 spiro atoms. The number of quaternary nitrogens is 1. The number of hydrogen-bond acceptors (Lipinski definition) is 1. The molecule has 0 saturated carbocycles. The number of nitrogens with two attached hydrogens (primary N) is 1. The number of hydrogen-bond donors (Lipinski definition) is 1. The molecule has 36 valence electrons. The molecular formula is C4H10NO+. The van der Waals surface area contributed by atoms with Gasteiger partial charge in [-0.2, -0.15) is 0 Å². The predicted molar refractivity (Wildman–Crippen MR) is 22.2 cm³/mol. The average molecular weight is 88.1 g/mol. The first-order chi connectivity index (χ1) is 3.00. The van der Waals surface area contributed by atoms with Crippen LogP contribution < -0.4 is 5.32 Å². The Kier molecular flexibility index (Phi) is 1.47. The Morgan fingerprint density at radius 2 is 2.50 bits per heavy atom. The molecule has 1 rings (SSSR count). The van der Waals surface area contributed by atoms with Gasteiger partial charge in [-0.25, -0.2) is 0 Å². The summed E-state index contributed by atoms with van der Waals surface area (Å²) < 4.78 is 5.01. The first-order valence-electron chi connectivity index (χ1n) is 2.39. The fourth-order valence-corrected chi connectivity index (χ4v) is 0.580. The molecule has 0 aromatic heterocycles. The highest BCUT2D eigenvalue weighted by Crippen LogP contribution is 1.77. The van der Waals surface area contributed by atoms with Crippen LogP contribution in [0.3, 0.4) is 0 Å². The first-order valence-corrected chi connectivity index (χ1v) is 2.39. The number of ether oxygens (including phenoxy) is 1. The van der Waals surface area contributed by atoms with Crippen LogP contribution in [-0.4, -0.2) is 19.9 Å². The van der Waals surface area contributed by atoms with Crippen molar-refractivity contribution in [2.45, 2.75) is 6.42 Å². The van der Waals surface area contributed by atoms with Gasteiger partial charge in [0.15, 0.2) is 6.73 Å². The van der Waals surface area contributed by atoms with Crippen molar-refractivity contribution >= 4 is 0 Å². The van der Waals surface area contributed by atoms with E-state index in [1.54, 1.807) is 0 Å². The fourth-order valence-electron chi connectivity index (χ4n) is 0.580. The Balaban J connectivity index is 2.00. The summed E-state index contributed by atoms with van der Waals surface area (Å²) in [6.45, 7) is 3.09. The second kappa shape index (κ2) is 2.16. The SMILES string of the molecule is C1C[NH2+]COC1. The maximum Gasteiger partial charge on any atom is 0.180 e. The lowest BCUT2D eigenvalue weighted by molar-refractivity contribution is -0.699. The minimum atomic E-state index is 0.875. The molecule has 1 aliphatic heterocycles. The Bertz CT molecular complexity index is 23.0. The highest BCUT2D eigenvalue weighted by Gasteiger charge is 1.96. The normalized spacial score (nSPS) is 24.0. The van der Waals surface area contributed by atoms with Crippen LogP contribution in [0.5, 0.6) is 0 Å². The standard InChI is InChI=1S/C4H9NO/c1-2-5-4-6-3-1/h5H,1-4H2/p+1. The third-order valence-electron chi connectivity index (χ3n) is 0.933. The van der Waals surface area contributed by atoms with Gasteiger partial charge in [0.25, 0.3) is 0 Å². The molecule has 2 heteroatoms. The Labute approximate surface area is 37.5 Å². The first kappa shape index (κ1) is 4.09. The number of rotatable bonds is 0. The molecule has 2 nitrogen and oxygen atoms in total. The van der Waals surface area contributed by atoms with Crippen LogP contribution in [0.15, 0.2) is 0 Å². The zero-order valence-corrected chi connectivity index (χ0v) is 3.81. The summed E-state index contributed by atoms with van der Waals surface area (Å²) in [6.07, 6.45) is 1.22. The molecule has 1 heterocycles. The van der Waals surface area contributed by atoms with Gasteiger partial charge in [0.05, 0.1) is 13.2 Å². The molecule has 0 amide bonds. The van der Waals surface area contributed by atoms with Gasteiger partial charge in [0.2, 0.25) is 0 Å². The minimum Gasteiger partial charge on any atom is -0.332 e. The van der Waals surface area contributed by atoms with Gasteiger partial charge in [-0.1, -0.05) is 0 Å². The van der Waals surface area contributed by atoms with Crippen molar-refractivity contribution in [1.29, 1.82) is 0 Å². The summed E-state index contributed by atoms with van der Waals surface area (Å²) in [5.74, 6) is 0. The zero-order chi connectivity index (χ0) is 4.24. The summed E-state index contributed by atoms with van der Waals surface area (Å²) in [7, 11) is 0. The van der Waals surface area contributed by atoms with Crippen molar-refractivity contribution in [2.75, 3.05) is 19.9 Å². The minimum absolute atomic E-state index is 0.875. The van der Waals surface area contributed by atoms with E-state index in [9.17, 15) is 0 Å². The highest BCUT2D eigenvalue weighted by atomic mass is 16.5. The van der Waals surface area contributed by atoms with Gasteiger partial charge in [0.1, 0.15) is 0 Å².